The van der Waals surface area contributed by atoms with Crippen LogP contribution >= 0.6 is 0 Å². The van der Waals surface area contributed by atoms with Crippen LogP contribution in [0, 0.1) is 10.1 Å². The van der Waals surface area contributed by atoms with Gasteiger partial charge >= 0.3 is 0 Å². The van der Waals surface area contributed by atoms with Gasteiger partial charge in [0.25, 0.3) is 0 Å². The van der Waals surface area contributed by atoms with E-state index in [2.05, 4.69) is 12.1 Å². The zero-order valence-corrected chi connectivity index (χ0v) is 15.5. The molecule has 4 nitrogen and oxygen atoms in total. The van der Waals surface area contributed by atoms with Gasteiger partial charge < -0.3 is 0 Å². The molecule has 0 aromatic heterocycles. The Morgan fingerprint density at radius 3 is 2.11 bits per heavy atom. The molecule has 0 saturated heterocycles. The SMILES string of the molecule is C[C@@H]([C@@H](N=Cc1cccc2ccccc12)c1cccc2ccccc12)[N+](=O)[O-]. The Balaban J connectivity index is 1.83. The van der Waals surface area contributed by atoms with Gasteiger partial charge in [0, 0.05) is 23.6 Å². The van der Waals surface area contributed by atoms with Crippen molar-refractivity contribution in [3.05, 3.63) is 106 Å². The fourth-order valence-corrected chi connectivity index (χ4v) is 3.61. The van der Waals surface area contributed by atoms with E-state index >= 15 is 0 Å². The van der Waals surface area contributed by atoms with Gasteiger partial charge in [0.1, 0.15) is 6.04 Å². The molecular weight excluding hydrogens is 348 g/mol. The molecule has 138 valence electrons. The highest BCUT2D eigenvalue weighted by Crippen LogP contribution is 2.30. The van der Waals surface area contributed by atoms with Crippen LogP contribution in [0.5, 0.6) is 0 Å². The number of hydrogen-bond acceptors (Lipinski definition) is 3. The number of fused-ring (bicyclic) bond motifs is 2. The smallest absolute Gasteiger partial charge is 0.236 e. The van der Waals surface area contributed by atoms with Crippen LogP contribution in [0.25, 0.3) is 21.5 Å². The minimum atomic E-state index is -0.836. The standard InChI is InChI=1S/C24H20N2O2/c1-17(26(27)28)24(23-15-7-11-19-9-3-5-14-22(19)23)25-16-20-12-6-10-18-8-2-4-13-21(18)20/h2-17,24H,1H3/t17-,24+/m0/s1. The van der Waals surface area contributed by atoms with E-state index in [1.165, 1.54) is 0 Å². The molecule has 0 fully saturated rings. The Morgan fingerprint density at radius 1 is 0.821 bits per heavy atom. The molecule has 0 unspecified atom stereocenters. The van der Waals surface area contributed by atoms with Crippen molar-refractivity contribution in [1.82, 2.24) is 0 Å². The molecule has 0 radical (unpaired) electrons. The Labute approximate surface area is 163 Å². The molecule has 4 aromatic rings. The molecule has 0 aliphatic heterocycles. The normalized spacial score (nSPS) is 13.8. The van der Waals surface area contributed by atoms with E-state index in [4.69, 9.17) is 4.99 Å². The molecule has 0 heterocycles. The maximum absolute atomic E-state index is 11.6. The van der Waals surface area contributed by atoms with Gasteiger partial charge in [-0.3, -0.25) is 15.1 Å². The molecule has 28 heavy (non-hydrogen) atoms. The maximum atomic E-state index is 11.6. The fraction of sp³-hybridized carbons (Fsp3) is 0.125. The average molecular weight is 368 g/mol. The summed E-state index contributed by atoms with van der Waals surface area (Å²) in [5.74, 6) is 0. The number of hydrogen-bond donors (Lipinski definition) is 0. The summed E-state index contributed by atoms with van der Waals surface area (Å²) in [6.07, 6.45) is 1.77. The molecule has 2 atom stereocenters. The van der Waals surface area contributed by atoms with E-state index in [-0.39, 0.29) is 4.92 Å². The molecule has 4 heteroatoms. The lowest BCUT2D eigenvalue weighted by molar-refractivity contribution is -0.522. The lowest BCUT2D eigenvalue weighted by Gasteiger charge is -2.17. The van der Waals surface area contributed by atoms with Crippen LogP contribution in [0.2, 0.25) is 0 Å². The van der Waals surface area contributed by atoms with Crippen molar-refractivity contribution < 1.29 is 4.92 Å². The van der Waals surface area contributed by atoms with Crippen LogP contribution in [0.4, 0.5) is 0 Å². The lowest BCUT2D eigenvalue weighted by Crippen LogP contribution is -2.23. The fourth-order valence-electron chi connectivity index (χ4n) is 3.61. The first kappa shape index (κ1) is 17.9. The summed E-state index contributed by atoms with van der Waals surface area (Å²) in [7, 11) is 0. The highest BCUT2D eigenvalue weighted by Gasteiger charge is 2.28. The van der Waals surface area contributed by atoms with Gasteiger partial charge in [-0.1, -0.05) is 84.9 Å². The average Bonchev–Trinajstić information content (AvgIpc) is 2.74. The van der Waals surface area contributed by atoms with Crippen LogP contribution in [0.1, 0.15) is 24.1 Å². The first-order valence-corrected chi connectivity index (χ1v) is 9.27. The Kier molecular flexibility index (Phi) is 4.85. The van der Waals surface area contributed by atoms with Gasteiger partial charge in [0.2, 0.25) is 6.04 Å². The van der Waals surface area contributed by atoms with Gasteiger partial charge in [0.15, 0.2) is 0 Å². The van der Waals surface area contributed by atoms with Crippen molar-refractivity contribution in [2.24, 2.45) is 4.99 Å². The van der Waals surface area contributed by atoms with E-state index in [1.807, 2.05) is 72.8 Å². The molecule has 0 aliphatic rings. The molecule has 4 rings (SSSR count). The third kappa shape index (κ3) is 3.37. The zero-order valence-electron chi connectivity index (χ0n) is 15.5. The first-order valence-electron chi connectivity index (χ1n) is 9.27. The van der Waals surface area contributed by atoms with Gasteiger partial charge in [-0.15, -0.1) is 0 Å². The first-order chi connectivity index (χ1) is 13.6. The molecule has 0 saturated carbocycles. The molecule has 0 amide bonds. The van der Waals surface area contributed by atoms with Gasteiger partial charge in [-0.05, 0) is 27.1 Å². The van der Waals surface area contributed by atoms with Crippen molar-refractivity contribution in [3.63, 3.8) is 0 Å². The van der Waals surface area contributed by atoms with Gasteiger partial charge in [0.05, 0.1) is 0 Å². The minimum Gasteiger partial charge on any atom is -0.277 e. The Bertz CT molecular complexity index is 1170. The Morgan fingerprint density at radius 2 is 1.39 bits per heavy atom. The summed E-state index contributed by atoms with van der Waals surface area (Å²) in [5, 5.41) is 15.9. The monoisotopic (exact) mass is 368 g/mol. The quantitative estimate of drug-likeness (QED) is 0.253. The molecule has 0 spiro atoms. The number of benzene rings is 4. The maximum Gasteiger partial charge on any atom is 0.236 e. The van der Waals surface area contributed by atoms with Crippen molar-refractivity contribution in [2.75, 3.05) is 0 Å². The van der Waals surface area contributed by atoms with E-state index in [0.29, 0.717) is 0 Å². The summed E-state index contributed by atoms with van der Waals surface area (Å²) < 4.78 is 0. The number of aliphatic imine (C=N–C) groups is 1. The number of nitrogens with zero attached hydrogens (tertiary/aromatic N) is 2. The molecule has 0 aliphatic carbocycles. The van der Waals surface area contributed by atoms with E-state index < -0.39 is 12.1 Å². The van der Waals surface area contributed by atoms with Crippen LogP contribution in [-0.4, -0.2) is 17.2 Å². The van der Waals surface area contributed by atoms with Crippen LogP contribution in [0.15, 0.2) is 89.9 Å². The number of rotatable bonds is 5. The van der Waals surface area contributed by atoms with E-state index in [0.717, 1.165) is 32.7 Å². The number of nitro groups is 1. The van der Waals surface area contributed by atoms with Crippen molar-refractivity contribution >= 4 is 27.8 Å². The molecule has 4 aromatic carbocycles. The molecule has 0 bridgehead atoms. The van der Waals surface area contributed by atoms with E-state index in [1.54, 1.807) is 13.1 Å². The minimum absolute atomic E-state index is 0.257. The summed E-state index contributed by atoms with van der Waals surface area (Å²) >= 11 is 0. The third-order valence-corrected chi connectivity index (χ3v) is 5.13. The zero-order chi connectivity index (χ0) is 19.5. The second-order valence-corrected chi connectivity index (χ2v) is 6.89. The summed E-state index contributed by atoms with van der Waals surface area (Å²) in [4.78, 5) is 16.1. The highest BCUT2D eigenvalue weighted by atomic mass is 16.6. The predicted molar refractivity (Wildman–Crippen MR) is 115 cm³/mol. The Hall–Kier alpha value is -3.53. The van der Waals surface area contributed by atoms with Crippen LogP contribution < -0.4 is 0 Å². The summed E-state index contributed by atoms with van der Waals surface area (Å²) in [6.45, 7) is 1.62. The van der Waals surface area contributed by atoms with Crippen molar-refractivity contribution in [3.8, 4) is 0 Å². The predicted octanol–water partition coefficient (Wildman–Crippen LogP) is 5.82. The molecule has 0 N–H and O–H groups in total. The van der Waals surface area contributed by atoms with Crippen molar-refractivity contribution in [2.45, 2.75) is 19.0 Å². The summed E-state index contributed by atoms with van der Waals surface area (Å²) in [5.41, 5.74) is 1.83. The van der Waals surface area contributed by atoms with E-state index in [9.17, 15) is 10.1 Å². The van der Waals surface area contributed by atoms with Crippen LogP contribution in [-0.2, 0) is 0 Å². The molecular formula is C24H20N2O2. The second kappa shape index (κ2) is 7.61. The second-order valence-electron chi connectivity index (χ2n) is 6.89. The highest BCUT2D eigenvalue weighted by molar-refractivity contribution is 5.99. The van der Waals surface area contributed by atoms with Crippen LogP contribution in [0.3, 0.4) is 0 Å². The lowest BCUT2D eigenvalue weighted by atomic mass is 9.95. The van der Waals surface area contributed by atoms with Gasteiger partial charge in [-0.25, -0.2) is 0 Å². The van der Waals surface area contributed by atoms with Crippen molar-refractivity contribution in [1.29, 1.82) is 0 Å². The summed E-state index contributed by atoms with van der Waals surface area (Å²) in [6, 6.07) is 26.5. The van der Waals surface area contributed by atoms with Gasteiger partial charge in [-0.2, -0.15) is 0 Å². The largest absolute Gasteiger partial charge is 0.277 e. The topological polar surface area (TPSA) is 55.5 Å². The third-order valence-electron chi connectivity index (χ3n) is 5.13.